The highest BCUT2D eigenvalue weighted by molar-refractivity contribution is 6.68. The van der Waals surface area contributed by atoms with Crippen LogP contribution in [0.3, 0.4) is 0 Å². The van der Waals surface area contributed by atoms with Gasteiger partial charge in [0, 0.05) is 38.2 Å². The Balaban J connectivity index is 1.38. The molecule has 3 amide bonds. The summed E-state index contributed by atoms with van der Waals surface area (Å²) in [7, 11) is 1.91. The molecule has 0 aromatic heterocycles. The maximum Gasteiger partial charge on any atom is 0.326 e. The Morgan fingerprint density at radius 3 is 2.37 bits per heavy atom. The van der Waals surface area contributed by atoms with Crippen molar-refractivity contribution in [2.24, 2.45) is 10.9 Å². The number of hydrogen-bond acceptors (Lipinski definition) is 7. The van der Waals surface area contributed by atoms with Crippen molar-refractivity contribution < 1.29 is 23.9 Å². The molecule has 0 unspecified atom stereocenters. The number of hydrogen-bond donors (Lipinski definition) is 2. The molecule has 1 aromatic carbocycles. The zero-order valence-corrected chi connectivity index (χ0v) is 29.5. The largest absolute Gasteiger partial charge is 0.494 e. The molecule has 1 heterocycles. The number of guanidine groups is 1. The summed E-state index contributed by atoms with van der Waals surface area (Å²) in [5.74, 6) is 0.805. The van der Waals surface area contributed by atoms with E-state index in [1.54, 1.807) is 4.90 Å². The van der Waals surface area contributed by atoms with E-state index in [4.69, 9.17) is 44.3 Å². The van der Waals surface area contributed by atoms with Crippen LogP contribution in [0.2, 0.25) is 0 Å². The number of aliphatic imine (C=N–C) groups is 1. The van der Waals surface area contributed by atoms with E-state index in [9.17, 15) is 14.4 Å². The second-order valence-corrected chi connectivity index (χ2v) is 15.4. The summed E-state index contributed by atoms with van der Waals surface area (Å²) in [5, 5.41) is 5.77. The number of nitrogens with zero attached hydrogens (tertiary/aromatic N) is 3. The highest BCUT2D eigenvalue weighted by atomic mass is 35.6. The first kappa shape index (κ1) is 36.4. The molecule has 0 radical (unpaired) electrons. The standard InChI is InChI=1S/C33H48Cl3N5O5/c1-32(2,33(34,35)36)46-29(43)22-41-21-24-19-26(45-18-10-15-28(42)40(3)25-13-8-5-9-14-25)16-17-27(24)38-30(41)39-31(44)37-20-23-11-6-4-7-12-23/h16-17,19,23,25H,4-15,18,20-22H2,1-3H3,(H2,37,38,39,44). The van der Waals surface area contributed by atoms with Crippen LogP contribution in [0, 0.1) is 5.92 Å². The molecule has 0 spiro atoms. The third-order valence-corrected chi connectivity index (χ3v) is 10.5. The molecule has 0 atom stereocenters. The van der Waals surface area contributed by atoms with Gasteiger partial charge in [-0.05, 0) is 70.1 Å². The highest BCUT2D eigenvalue weighted by Gasteiger charge is 2.44. The lowest BCUT2D eigenvalue weighted by Gasteiger charge is -2.34. The number of carbonyl (C=O) groups excluding carboxylic acids is 3. The Bertz CT molecular complexity index is 1240. The summed E-state index contributed by atoms with van der Waals surface area (Å²) in [6.07, 6.45) is 12.6. The van der Waals surface area contributed by atoms with E-state index in [0.717, 1.165) is 31.2 Å². The summed E-state index contributed by atoms with van der Waals surface area (Å²) >= 11 is 18.1. The number of urea groups is 1. The molecule has 3 aliphatic rings. The normalized spacial score (nSPS) is 17.9. The van der Waals surface area contributed by atoms with Crippen molar-refractivity contribution in [3.05, 3.63) is 23.8 Å². The monoisotopic (exact) mass is 699 g/mol. The summed E-state index contributed by atoms with van der Waals surface area (Å²) in [5.41, 5.74) is 0.0516. The number of alkyl halides is 3. The van der Waals surface area contributed by atoms with E-state index >= 15 is 0 Å². The lowest BCUT2D eigenvalue weighted by molar-refractivity contribution is -0.156. The zero-order chi connectivity index (χ0) is 33.3. The van der Waals surface area contributed by atoms with Gasteiger partial charge in [0.15, 0.2) is 5.60 Å². The van der Waals surface area contributed by atoms with Gasteiger partial charge in [0.2, 0.25) is 15.7 Å². The van der Waals surface area contributed by atoms with E-state index in [1.807, 2.05) is 30.1 Å². The Kier molecular flexibility index (Phi) is 13.1. The summed E-state index contributed by atoms with van der Waals surface area (Å²) in [4.78, 5) is 46.8. The molecule has 13 heteroatoms. The predicted molar refractivity (Wildman–Crippen MR) is 182 cm³/mol. The van der Waals surface area contributed by atoms with Gasteiger partial charge in [0.1, 0.15) is 12.3 Å². The second-order valence-electron chi connectivity index (χ2n) is 13.2. The fraction of sp³-hybridized carbons (Fsp3) is 0.697. The van der Waals surface area contributed by atoms with Crippen molar-refractivity contribution in [2.75, 3.05) is 26.7 Å². The van der Waals surface area contributed by atoms with Crippen molar-refractivity contribution in [3.63, 3.8) is 0 Å². The van der Waals surface area contributed by atoms with Crippen LogP contribution in [0.25, 0.3) is 0 Å². The molecule has 0 saturated heterocycles. The van der Waals surface area contributed by atoms with Gasteiger partial charge in [-0.3, -0.25) is 14.9 Å². The molecule has 4 rings (SSSR count). The molecule has 1 aromatic rings. The summed E-state index contributed by atoms with van der Waals surface area (Å²) in [6, 6.07) is 5.44. The number of nitrogens with one attached hydrogen (secondary N) is 2. The predicted octanol–water partition coefficient (Wildman–Crippen LogP) is 7.01. The Morgan fingerprint density at radius 2 is 1.70 bits per heavy atom. The van der Waals surface area contributed by atoms with Gasteiger partial charge in [0.25, 0.3) is 0 Å². The molecule has 1 aliphatic heterocycles. The first-order chi connectivity index (χ1) is 21.8. The van der Waals surface area contributed by atoms with Crippen LogP contribution in [0.4, 0.5) is 10.5 Å². The zero-order valence-electron chi connectivity index (χ0n) is 27.2. The van der Waals surface area contributed by atoms with Gasteiger partial charge in [-0.25, -0.2) is 9.79 Å². The number of fused-ring (bicyclic) bond motifs is 1. The number of esters is 1. The lowest BCUT2D eigenvalue weighted by atomic mass is 9.89. The van der Waals surface area contributed by atoms with Crippen LogP contribution in [0.5, 0.6) is 5.75 Å². The Hall–Kier alpha value is -2.43. The molecular formula is C33H48Cl3N5O5. The third-order valence-electron chi connectivity index (χ3n) is 9.13. The minimum Gasteiger partial charge on any atom is -0.494 e. The number of amides is 3. The fourth-order valence-electron chi connectivity index (χ4n) is 6.16. The average Bonchev–Trinajstić information content (AvgIpc) is 3.02. The van der Waals surface area contributed by atoms with Crippen molar-refractivity contribution >= 4 is 64.4 Å². The molecule has 2 fully saturated rings. The molecular weight excluding hydrogens is 653 g/mol. The average molecular weight is 701 g/mol. The SMILES string of the molecule is CN(C(=O)CCCOc1ccc2c(c1)CN(CC(=O)OC(C)(C)C(Cl)(Cl)Cl)C(NC(=O)NCC1CCCCC1)=N2)C1CCCCC1. The van der Waals surface area contributed by atoms with E-state index in [1.165, 1.54) is 52.4 Å². The van der Waals surface area contributed by atoms with Crippen molar-refractivity contribution in [1.82, 2.24) is 20.4 Å². The van der Waals surface area contributed by atoms with Gasteiger partial charge < -0.3 is 24.6 Å². The van der Waals surface area contributed by atoms with E-state index < -0.39 is 21.4 Å². The summed E-state index contributed by atoms with van der Waals surface area (Å²) in [6.45, 7) is 4.01. The lowest BCUT2D eigenvalue weighted by Crippen LogP contribution is -2.51. The molecule has 0 bridgehead atoms. The number of carbonyl (C=O) groups is 3. The van der Waals surface area contributed by atoms with Crippen LogP contribution in [-0.2, 0) is 20.9 Å². The molecule has 46 heavy (non-hydrogen) atoms. The third kappa shape index (κ3) is 10.5. The van der Waals surface area contributed by atoms with Crippen LogP contribution in [0.1, 0.15) is 96.5 Å². The maximum absolute atomic E-state index is 13.0. The first-order valence-electron chi connectivity index (χ1n) is 16.5. The topological polar surface area (TPSA) is 113 Å². The minimum atomic E-state index is -1.84. The summed E-state index contributed by atoms with van der Waals surface area (Å²) < 4.78 is 9.68. The second kappa shape index (κ2) is 16.6. The van der Waals surface area contributed by atoms with Crippen LogP contribution < -0.4 is 15.4 Å². The molecule has 256 valence electrons. The van der Waals surface area contributed by atoms with Crippen molar-refractivity contribution in [2.45, 2.75) is 113 Å². The van der Waals surface area contributed by atoms with E-state index in [0.29, 0.717) is 49.4 Å². The number of ether oxygens (including phenoxy) is 2. The number of benzene rings is 1. The van der Waals surface area contributed by atoms with Gasteiger partial charge >= 0.3 is 12.0 Å². The number of halogens is 3. The quantitative estimate of drug-likeness (QED) is 0.146. The van der Waals surface area contributed by atoms with Crippen LogP contribution in [-0.4, -0.2) is 75.8 Å². The van der Waals surface area contributed by atoms with Gasteiger partial charge in [-0.1, -0.05) is 73.3 Å². The van der Waals surface area contributed by atoms with Gasteiger partial charge in [0.05, 0.1) is 12.3 Å². The smallest absolute Gasteiger partial charge is 0.326 e. The minimum absolute atomic E-state index is 0.151. The number of rotatable bonds is 11. The van der Waals surface area contributed by atoms with E-state index in [-0.39, 0.29) is 25.0 Å². The molecule has 2 saturated carbocycles. The fourth-order valence-corrected chi connectivity index (χ4v) is 6.27. The highest BCUT2D eigenvalue weighted by Crippen LogP contribution is 2.40. The van der Waals surface area contributed by atoms with Crippen molar-refractivity contribution in [1.29, 1.82) is 0 Å². The van der Waals surface area contributed by atoms with E-state index in [2.05, 4.69) is 15.6 Å². The maximum atomic E-state index is 13.0. The van der Waals surface area contributed by atoms with Crippen LogP contribution in [0.15, 0.2) is 23.2 Å². The van der Waals surface area contributed by atoms with Crippen molar-refractivity contribution in [3.8, 4) is 5.75 Å². The first-order valence-corrected chi connectivity index (χ1v) is 17.6. The van der Waals surface area contributed by atoms with Gasteiger partial charge in [-0.2, -0.15) is 0 Å². The van der Waals surface area contributed by atoms with Gasteiger partial charge in [-0.15, -0.1) is 0 Å². The molecule has 10 nitrogen and oxygen atoms in total. The van der Waals surface area contributed by atoms with Crippen LogP contribution >= 0.6 is 34.8 Å². The Labute approximate surface area is 287 Å². The Morgan fingerprint density at radius 1 is 1.02 bits per heavy atom. The molecule has 2 N–H and O–H groups in total. The molecule has 2 aliphatic carbocycles.